The van der Waals surface area contributed by atoms with E-state index in [1.54, 1.807) is 11.3 Å². The molecule has 2 rings (SSSR count). The quantitative estimate of drug-likeness (QED) is 0.944. The van der Waals surface area contributed by atoms with Crippen molar-refractivity contribution >= 4 is 38.8 Å². The van der Waals surface area contributed by atoms with Crippen molar-refractivity contribution in [1.82, 2.24) is 14.9 Å². The van der Waals surface area contributed by atoms with Gasteiger partial charge in [0.05, 0.1) is 11.7 Å². The molecule has 3 nitrogen and oxygen atoms in total. The largest absolute Gasteiger partial charge is 0.311 e. The zero-order chi connectivity index (χ0) is 10.7. The van der Waals surface area contributed by atoms with Gasteiger partial charge in [-0.3, -0.25) is 0 Å². The molecule has 0 aliphatic rings. The van der Waals surface area contributed by atoms with Crippen LogP contribution in [-0.4, -0.2) is 16.6 Å². The van der Waals surface area contributed by atoms with Crippen molar-refractivity contribution < 1.29 is 0 Å². The van der Waals surface area contributed by atoms with Crippen LogP contribution in [0.2, 0.25) is 0 Å². The van der Waals surface area contributed by atoms with E-state index >= 15 is 0 Å². The number of thiophene rings is 1. The van der Waals surface area contributed by atoms with Gasteiger partial charge in [-0.25, -0.2) is 0 Å². The summed E-state index contributed by atoms with van der Waals surface area (Å²) in [6.45, 7) is 0. The third kappa shape index (κ3) is 2.84. The van der Waals surface area contributed by atoms with Crippen LogP contribution in [0.5, 0.6) is 0 Å². The molecular formula is C9H10BrN3S2. The van der Waals surface area contributed by atoms with Gasteiger partial charge < -0.3 is 5.32 Å². The van der Waals surface area contributed by atoms with Crippen LogP contribution >= 0.6 is 38.8 Å². The lowest BCUT2D eigenvalue weighted by atomic mass is 10.1. The molecule has 0 radical (unpaired) electrons. The monoisotopic (exact) mass is 303 g/mol. The molecule has 0 aliphatic carbocycles. The summed E-state index contributed by atoms with van der Waals surface area (Å²) in [5.41, 5.74) is 1.02. The van der Waals surface area contributed by atoms with Gasteiger partial charge in [-0.15, -0.1) is 16.4 Å². The fourth-order valence-corrected chi connectivity index (χ4v) is 3.35. The summed E-state index contributed by atoms with van der Waals surface area (Å²) in [7, 11) is 1.95. The summed E-state index contributed by atoms with van der Waals surface area (Å²) < 4.78 is 5.03. The molecule has 0 aromatic carbocycles. The van der Waals surface area contributed by atoms with Crippen LogP contribution in [-0.2, 0) is 6.42 Å². The van der Waals surface area contributed by atoms with Gasteiger partial charge in [0.15, 0.2) is 0 Å². The smallest absolute Gasteiger partial charge is 0.0928 e. The van der Waals surface area contributed by atoms with E-state index in [0.29, 0.717) is 0 Å². The second kappa shape index (κ2) is 5.16. The first-order valence-electron chi connectivity index (χ1n) is 4.46. The molecule has 2 aromatic rings. The topological polar surface area (TPSA) is 37.8 Å². The van der Waals surface area contributed by atoms with E-state index in [1.807, 2.05) is 12.4 Å². The van der Waals surface area contributed by atoms with Crippen LogP contribution in [0.1, 0.15) is 16.6 Å². The summed E-state index contributed by atoms with van der Waals surface area (Å²) in [6, 6.07) is 2.41. The zero-order valence-corrected chi connectivity index (χ0v) is 11.3. The molecular weight excluding hydrogens is 294 g/mol. The fourth-order valence-electron chi connectivity index (χ4n) is 1.34. The molecule has 1 N–H and O–H groups in total. The Labute approximate surface area is 105 Å². The number of hydrogen-bond donors (Lipinski definition) is 1. The third-order valence-electron chi connectivity index (χ3n) is 2.11. The minimum atomic E-state index is 0.259. The Kier molecular flexibility index (Phi) is 3.85. The third-order valence-corrected chi connectivity index (χ3v) is 4.35. The van der Waals surface area contributed by atoms with Gasteiger partial charge in [-0.05, 0) is 40.6 Å². The van der Waals surface area contributed by atoms with E-state index in [2.05, 4.69) is 42.3 Å². The number of nitrogens with zero attached hydrogens (tertiary/aromatic N) is 2. The Bertz CT molecular complexity index is 413. The van der Waals surface area contributed by atoms with Crippen LogP contribution in [0.25, 0.3) is 0 Å². The van der Waals surface area contributed by atoms with Crippen molar-refractivity contribution in [3.8, 4) is 0 Å². The summed E-state index contributed by atoms with van der Waals surface area (Å²) in [6.07, 6.45) is 0.957. The first-order valence-corrected chi connectivity index (χ1v) is 6.97. The molecule has 15 heavy (non-hydrogen) atoms. The highest BCUT2D eigenvalue weighted by Crippen LogP contribution is 2.24. The fraction of sp³-hybridized carbons (Fsp3) is 0.333. The van der Waals surface area contributed by atoms with Crippen molar-refractivity contribution in [3.05, 3.63) is 31.9 Å². The van der Waals surface area contributed by atoms with Gasteiger partial charge in [-0.2, -0.15) is 0 Å². The minimum absolute atomic E-state index is 0.259. The van der Waals surface area contributed by atoms with Crippen LogP contribution in [0.15, 0.2) is 21.3 Å². The summed E-state index contributed by atoms with van der Waals surface area (Å²) in [4.78, 5) is 1.34. The van der Waals surface area contributed by atoms with Crippen molar-refractivity contribution in [2.24, 2.45) is 0 Å². The molecule has 80 valence electrons. The summed E-state index contributed by atoms with van der Waals surface area (Å²) >= 11 is 6.61. The van der Waals surface area contributed by atoms with Crippen molar-refractivity contribution in [1.29, 1.82) is 0 Å². The Hall–Kier alpha value is -0.300. The highest BCUT2D eigenvalue weighted by molar-refractivity contribution is 9.10. The van der Waals surface area contributed by atoms with E-state index < -0.39 is 0 Å². The second-order valence-corrected chi connectivity index (χ2v) is 5.63. The van der Waals surface area contributed by atoms with Crippen molar-refractivity contribution in [3.63, 3.8) is 0 Å². The van der Waals surface area contributed by atoms with Gasteiger partial charge in [0.2, 0.25) is 0 Å². The van der Waals surface area contributed by atoms with E-state index in [1.165, 1.54) is 16.4 Å². The second-order valence-electron chi connectivity index (χ2n) is 3.11. The highest BCUT2D eigenvalue weighted by atomic mass is 79.9. The van der Waals surface area contributed by atoms with E-state index in [-0.39, 0.29) is 6.04 Å². The summed E-state index contributed by atoms with van der Waals surface area (Å²) in [5.74, 6) is 0. The Morgan fingerprint density at radius 2 is 2.40 bits per heavy atom. The SMILES string of the molecule is CNC(Cc1cc(Br)cs1)c1csnn1. The molecule has 2 aromatic heterocycles. The normalized spacial score (nSPS) is 12.9. The summed E-state index contributed by atoms with van der Waals surface area (Å²) in [5, 5.41) is 11.4. The molecule has 0 aliphatic heterocycles. The first-order chi connectivity index (χ1) is 7.29. The maximum absolute atomic E-state index is 4.09. The van der Waals surface area contributed by atoms with Crippen LogP contribution in [0.3, 0.4) is 0 Å². The maximum Gasteiger partial charge on any atom is 0.0928 e. The van der Waals surface area contributed by atoms with E-state index in [9.17, 15) is 0 Å². The zero-order valence-electron chi connectivity index (χ0n) is 8.11. The number of hydrogen-bond acceptors (Lipinski definition) is 5. The van der Waals surface area contributed by atoms with Crippen molar-refractivity contribution in [2.45, 2.75) is 12.5 Å². The average molecular weight is 304 g/mol. The molecule has 0 spiro atoms. The van der Waals surface area contributed by atoms with Crippen LogP contribution in [0.4, 0.5) is 0 Å². The minimum Gasteiger partial charge on any atom is -0.311 e. The van der Waals surface area contributed by atoms with Crippen LogP contribution in [0, 0.1) is 0 Å². The molecule has 0 saturated heterocycles. The molecule has 0 saturated carbocycles. The lowest BCUT2D eigenvalue weighted by Gasteiger charge is -2.11. The van der Waals surface area contributed by atoms with E-state index in [0.717, 1.165) is 16.6 Å². The van der Waals surface area contributed by atoms with Crippen LogP contribution < -0.4 is 5.32 Å². The van der Waals surface area contributed by atoms with Gasteiger partial charge in [0.1, 0.15) is 0 Å². The first kappa shape index (κ1) is 11.2. The molecule has 1 atom stereocenters. The maximum atomic E-state index is 4.09. The molecule has 6 heteroatoms. The van der Waals surface area contributed by atoms with Gasteiger partial charge >= 0.3 is 0 Å². The molecule has 1 unspecified atom stereocenters. The lowest BCUT2D eigenvalue weighted by molar-refractivity contribution is 0.578. The number of halogens is 1. The predicted octanol–water partition coefficient (Wildman–Crippen LogP) is 2.87. The molecule has 0 fully saturated rings. The molecule has 0 amide bonds. The number of rotatable bonds is 4. The average Bonchev–Trinajstić information content (AvgIpc) is 2.85. The standard InChI is InChI=1S/C9H10BrN3S2/c1-11-8(9-5-15-13-12-9)3-7-2-6(10)4-14-7/h2,4-5,8,11H,3H2,1H3. The van der Waals surface area contributed by atoms with Gasteiger partial charge in [-0.1, -0.05) is 4.49 Å². The highest BCUT2D eigenvalue weighted by Gasteiger charge is 2.13. The predicted molar refractivity (Wildman–Crippen MR) is 67.4 cm³/mol. The molecule has 0 bridgehead atoms. The van der Waals surface area contributed by atoms with Gasteiger partial charge in [0.25, 0.3) is 0 Å². The van der Waals surface area contributed by atoms with Crippen molar-refractivity contribution in [2.75, 3.05) is 7.05 Å². The number of aromatic nitrogens is 2. The number of nitrogens with one attached hydrogen (secondary N) is 1. The van der Waals surface area contributed by atoms with Gasteiger partial charge in [0, 0.05) is 26.5 Å². The Balaban J connectivity index is 2.09. The molecule has 2 heterocycles. The Morgan fingerprint density at radius 3 is 2.93 bits per heavy atom. The Morgan fingerprint density at radius 1 is 1.53 bits per heavy atom. The number of likely N-dealkylation sites (N-methyl/N-ethyl adjacent to an activating group) is 1. The lowest BCUT2D eigenvalue weighted by Crippen LogP contribution is -2.18. The van der Waals surface area contributed by atoms with E-state index in [4.69, 9.17) is 0 Å².